The van der Waals surface area contributed by atoms with Gasteiger partial charge in [0, 0.05) is 18.7 Å². The van der Waals surface area contributed by atoms with Gasteiger partial charge < -0.3 is 31.7 Å². The lowest BCUT2D eigenvalue weighted by molar-refractivity contribution is -0.129. The molecule has 0 radical (unpaired) electrons. The third-order valence-corrected chi connectivity index (χ3v) is 6.28. The third-order valence-electron chi connectivity index (χ3n) is 6.28. The van der Waals surface area contributed by atoms with E-state index in [4.69, 9.17) is 15.9 Å². The Kier molecular flexibility index (Phi) is 13.8. The van der Waals surface area contributed by atoms with Crippen LogP contribution in [0.25, 0.3) is 0 Å². The second kappa shape index (κ2) is 17.0. The molecule has 10 heteroatoms. The van der Waals surface area contributed by atoms with Crippen LogP contribution in [-0.4, -0.2) is 54.5 Å². The van der Waals surface area contributed by atoms with Crippen LogP contribution in [-0.2, 0) is 27.3 Å². The Morgan fingerprint density at radius 3 is 2.17 bits per heavy atom. The molecule has 0 saturated heterocycles. The number of carbonyl (C=O) groups excluding carboxylic acids is 3. The number of benzene rings is 2. The van der Waals surface area contributed by atoms with Crippen LogP contribution in [0.15, 0.2) is 54.6 Å². The van der Waals surface area contributed by atoms with Crippen LogP contribution in [0.1, 0.15) is 70.1 Å². The highest BCUT2D eigenvalue weighted by Crippen LogP contribution is 2.08. The molecular formula is C31H46N6O4. The van der Waals surface area contributed by atoms with Crippen molar-refractivity contribution in [1.29, 1.82) is 5.41 Å². The maximum absolute atomic E-state index is 13.2. The first-order valence-corrected chi connectivity index (χ1v) is 14.2. The van der Waals surface area contributed by atoms with Crippen molar-refractivity contribution in [3.8, 4) is 0 Å². The summed E-state index contributed by atoms with van der Waals surface area (Å²) in [5.74, 6) is -0.517. The molecule has 0 fully saturated rings. The smallest absolute Gasteiger partial charge is 0.407 e. The Bertz CT molecular complexity index is 1120. The monoisotopic (exact) mass is 566 g/mol. The topological polar surface area (TPSA) is 158 Å². The van der Waals surface area contributed by atoms with Gasteiger partial charge in [-0.3, -0.25) is 15.0 Å². The first kappa shape index (κ1) is 33.3. The van der Waals surface area contributed by atoms with Gasteiger partial charge in [0.25, 0.3) is 0 Å². The molecule has 3 amide bonds. The molecule has 0 spiro atoms. The fraction of sp³-hybridized carbons (Fsp3) is 0.484. The highest BCUT2D eigenvalue weighted by Gasteiger charge is 2.22. The van der Waals surface area contributed by atoms with E-state index < -0.39 is 23.8 Å². The van der Waals surface area contributed by atoms with Gasteiger partial charge in [-0.1, -0.05) is 61.0 Å². The SMILES string of the molecule is C[C@H](NC(=O)[C@@H](CCc1ccccc1)NCCCCCNC(=O)OC(C)(C)C)C(=O)NCc1ccc(C(=N)N)cc1. The largest absolute Gasteiger partial charge is 0.444 e. The first-order chi connectivity index (χ1) is 19.4. The Labute approximate surface area is 243 Å². The molecule has 41 heavy (non-hydrogen) atoms. The average Bonchev–Trinajstić information content (AvgIpc) is 2.92. The Hall–Kier alpha value is -3.92. The number of nitrogens with one attached hydrogen (secondary N) is 5. The molecule has 0 aliphatic rings. The van der Waals surface area contributed by atoms with Gasteiger partial charge in [-0.2, -0.15) is 0 Å². The number of hydrogen-bond acceptors (Lipinski definition) is 6. The van der Waals surface area contributed by atoms with E-state index in [9.17, 15) is 14.4 Å². The number of rotatable bonds is 16. The van der Waals surface area contributed by atoms with Gasteiger partial charge in [0.05, 0.1) is 6.04 Å². The number of nitrogens with two attached hydrogens (primary N) is 1. The summed E-state index contributed by atoms with van der Waals surface area (Å²) in [6, 6.07) is 15.9. The Balaban J connectivity index is 1.81. The lowest BCUT2D eigenvalue weighted by Crippen LogP contribution is -2.51. The van der Waals surface area contributed by atoms with E-state index in [0.717, 1.165) is 36.8 Å². The summed E-state index contributed by atoms with van der Waals surface area (Å²) in [6.45, 7) is 8.61. The second-order valence-electron chi connectivity index (χ2n) is 11.1. The molecule has 0 saturated carbocycles. The maximum Gasteiger partial charge on any atom is 0.407 e. The van der Waals surface area contributed by atoms with Gasteiger partial charge >= 0.3 is 6.09 Å². The molecule has 224 valence electrons. The van der Waals surface area contributed by atoms with Crippen LogP contribution in [0.3, 0.4) is 0 Å². The minimum absolute atomic E-state index is 0.0115. The quantitative estimate of drug-likeness (QED) is 0.104. The zero-order chi connectivity index (χ0) is 30.3. The summed E-state index contributed by atoms with van der Waals surface area (Å²) < 4.78 is 5.24. The maximum atomic E-state index is 13.2. The summed E-state index contributed by atoms with van der Waals surface area (Å²) in [5, 5.41) is 19.3. The van der Waals surface area contributed by atoms with Gasteiger partial charge in [-0.05, 0) is 71.0 Å². The summed E-state index contributed by atoms with van der Waals surface area (Å²) in [6.07, 6.45) is 3.41. The molecule has 0 aliphatic carbocycles. The van der Waals surface area contributed by atoms with Crippen molar-refractivity contribution in [2.24, 2.45) is 5.73 Å². The number of nitrogen functional groups attached to an aromatic ring is 1. The van der Waals surface area contributed by atoms with Gasteiger partial charge in [0.2, 0.25) is 11.8 Å². The highest BCUT2D eigenvalue weighted by atomic mass is 16.6. The fourth-order valence-electron chi connectivity index (χ4n) is 4.01. The van der Waals surface area contributed by atoms with Gasteiger partial charge in [0.1, 0.15) is 17.5 Å². The zero-order valence-corrected chi connectivity index (χ0v) is 24.7. The number of alkyl carbamates (subject to hydrolysis) is 1. The van der Waals surface area contributed by atoms with Gasteiger partial charge in [0.15, 0.2) is 0 Å². The third kappa shape index (κ3) is 13.8. The normalized spacial score (nSPS) is 12.6. The fourth-order valence-corrected chi connectivity index (χ4v) is 4.01. The van der Waals surface area contributed by atoms with Crippen molar-refractivity contribution in [2.75, 3.05) is 13.1 Å². The number of carbonyl (C=O) groups is 3. The van der Waals surface area contributed by atoms with Crippen molar-refractivity contribution < 1.29 is 19.1 Å². The molecule has 0 heterocycles. The molecular weight excluding hydrogens is 520 g/mol. The van der Waals surface area contributed by atoms with E-state index in [0.29, 0.717) is 31.6 Å². The van der Waals surface area contributed by atoms with Crippen LogP contribution in [0.4, 0.5) is 4.79 Å². The van der Waals surface area contributed by atoms with E-state index >= 15 is 0 Å². The van der Waals surface area contributed by atoms with Crippen molar-refractivity contribution in [3.63, 3.8) is 0 Å². The zero-order valence-electron chi connectivity index (χ0n) is 24.7. The van der Waals surface area contributed by atoms with Crippen molar-refractivity contribution in [1.82, 2.24) is 21.3 Å². The molecule has 0 bridgehead atoms. The van der Waals surface area contributed by atoms with Crippen LogP contribution in [0.5, 0.6) is 0 Å². The molecule has 0 aliphatic heterocycles. The molecule has 2 aromatic rings. The van der Waals surface area contributed by atoms with Crippen LogP contribution in [0.2, 0.25) is 0 Å². The van der Waals surface area contributed by atoms with E-state index in [1.807, 2.05) is 51.1 Å². The van der Waals surface area contributed by atoms with Gasteiger partial charge in [-0.15, -0.1) is 0 Å². The molecule has 7 N–H and O–H groups in total. The van der Waals surface area contributed by atoms with Crippen LogP contribution in [0, 0.1) is 5.41 Å². The molecule has 0 unspecified atom stereocenters. The first-order valence-electron chi connectivity index (χ1n) is 14.2. The number of hydrogen-bond donors (Lipinski definition) is 6. The van der Waals surface area contributed by atoms with Crippen molar-refractivity contribution >= 4 is 23.7 Å². The standard InChI is InChI=1S/C31H46N6O4/c1-22(28(38)36-21-24-13-16-25(17-14-24)27(32)33)37-29(39)26(18-15-23-11-7-5-8-12-23)34-19-9-6-10-20-35-30(40)41-31(2,3)4/h5,7-8,11-14,16-17,22,26,34H,6,9-10,15,18-21H2,1-4H3,(H3,32,33)(H,35,40)(H,36,38)(H,37,39)/t22-,26+/m0/s1. The van der Waals surface area contributed by atoms with E-state index in [-0.39, 0.29) is 17.6 Å². The molecule has 10 nitrogen and oxygen atoms in total. The van der Waals surface area contributed by atoms with Crippen molar-refractivity contribution in [3.05, 3.63) is 71.3 Å². The minimum Gasteiger partial charge on any atom is -0.444 e. The lowest BCUT2D eigenvalue weighted by atomic mass is 10.0. The number of amidine groups is 1. The van der Waals surface area contributed by atoms with E-state index in [1.54, 1.807) is 31.2 Å². The Morgan fingerprint density at radius 2 is 1.54 bits per heavy atom. The second-order valence-corrected chi connectivity index (χ2v) is 11.1. The molecule has 2 aromatic carbocycles. The van der Waals surface area contributed by atoms with Gasteiger partial charge in [-0.25, -0.2) is 4.79 Å². The van der Waals surface area contributed by atoms with Crippen LogP contribution < -0.4 is 27.0 Å². The minimum atomic E-state index is -0.709. The number of aryl methyl sites for hydroxylation is 1. The Morgan fingerprint density at radius 1 is 0.878 bits per heavy atom. The van der Waals surface area contributed by atoms with E-state index in [1.165, 1.54) is 0 Å². The summed E-state index contributed by atoms with van der Waals surface area (Å²) >= 11 is 0. The summed E-state index contributed by atoms with van der Waals surface area (Å²) in [4.78, 5) is 37.6. The number of unbranched alkanes of at least 4 members (excludes halogenated alkanes) is 2. The molecule has 2 rings (SSSR count). The summed E-state index contributed by atoms with van der Waals surface area (Å²) in [5.41, 5.74) is 7.59. The molecule has 0 aromatic heterocycles. The predicted molar refractivity (Wildman–Crippen MR) is 162 cm³/mol. The highest BCUT2D eigenvalue weighted by molar-refractivity contribution is 5.95. The predicted octanol–water partition coefficient (Wildman–Crippen LogP) is 3.38. The summed E-state index contributed by atoms with van der Waals surface area (Å²) in [7, 11) is 0. The number of amides is 3. The van der Waals surface area contributed by atoms with Crippen molar-refractivity contribution in [2.45, 2.75) is 84.0 Å². The van der Waals surface area contributed by atoms with Crippen LogP contribution >= 0.6 is 0 Å². The average molecular weight is 567 g/mol. The molecule has 2 atom stereocenters. The number of ether oxygens (including phenoxy) is 1. The van der Waals surface area contributed by atoms with E-state index in [2.05, 4.69) is 21.3 Å². The lowest BCUT2D eigenvalue weighted by Gasteiger charge is -2.21.